The van der Waals surface area contributed by atoms with E-state index in [-0.39, 0.29) is 23.9 Å². The summed E-state index contributed by atoms with van der Waals surface area (Å²) >= 11 is 0. The van der Waals surface area contributed by atoms with Gasteiger partial charge in [0.1, 0.15) is 11.9 Å². The molecule has 2 aromatic heterocycles. The maximum atomic E-state index is 13.9. The predicted molar refractivity (Wildman–Crippen MR) is 182 cm³/mol. The zero-order chi connectivity index (χ0) is 32.3. The molecule has 0 aliphatic carbocycles. The molecular weight excluding hydrogens is 588 g/mol. The minimum Gasteiger partial charge on any atom is -0.436 e. The summed E-state index contributed by atoms with van der Waals surface area (Å²) in [6, 6.07) is 32.5. The van der Waals surface area contributed by atoms with Crippen LogP contribution in [0.3, 0.4) is 0 Å². The number of likely N-dealkylation sites (tertiary alicyclic amines) is 1. The number of nitrogens with one attached hydrogen (secondary N) is 2. The van der Waals surface area contributed by atoms with E-state index in [0.29, 0.717) is 30.3 Å². The number of imidazole rings is 1. The molecule has 0 radical (unpaired) electrons. The van der Waals surface area contributed by atoms with Crippen LogP contribution in [0.4, 0.5) is 5.69 Å². The van der Waals surface area contributed by atoms with Gasteiger partial charge >= 0.3 is 0 Å². The van der Waals surface area contributed by atoms with Crippen molar-refractivity contribution in [2.24, 2.45) is 0 Å². The quantitative estimate of drug-likeness (QED) is 0.179. The number of anilines is 1. The number of oxazole rings is 1. The topological polar surface area (TPSA) is 107 Å². The Bertz CT molecular complexity index is 2020. The Morgan fingerprint density at radius 1 is 0.957 bits per heavy atom. The Hall–Kier alpha value is -5.54. The van der Waals surface area contributed by atoms with E-state index in [1.54, 1.807) is 6.20 Å². The molecule has 0 saturated carbocycles. The fourth-order valence-corrected chi connectivity index (χ4v) is 6.37. The molecule has 9 nitrogen and oxygen atoms in total. The number of carbonyl (C=O) groups is 2. The summed E-state index contributed by atoms with van der Waals surface area (Å²) in [5, 5.41) is 2.97. The highest BCUT2D eigenvalue weighted by atomic mass is 16.4. The first-order valence-electron chi connectivity index (χ1n) is 15.8. The Morgan fingerprint density at radius 3 is 2.53 bits per heavy atom. The van der Waals surface area contributed by atoms with Crippen molar-refractivity contribution < 1.29 is 14.0 Å². The minimum atomic E-state index is -0.361. The van der Waals surface area contributed by atoms with Crippen molar-refractivity contribution in [3.63, 3.8) is 0 Å². The summed E-state index contributed by atoms with van der Waals surface area (Å²) in [6.07, 6.45) is 3.78. The van der Waals surface area contributed by atoms with E-state index in [1.807, 2.05) is 127 Å². The fourth-order valence-electron chi connectivity index (χ4n) is 6.37. The summed E-state index contributed by atoms with van der Waals surface area (Å²) in [5.74, 6) is 1.86. The third-order valence-electron chi connectivity index (χ3n) is 8.61. The average Bonchev–Trinajstić information content (AvgIpc) is 3.85. The van der Waals surface area contributed by atoms with Crippen LogP contribution in [0.15, 0.2) is 114 Å². The molecule has 9 heteroatoms. The second-order valence-electron chi connectivity index (χ2n) is 12.1. The average molecular weight is 625 g/mol. The highest BCUT2D eigenvalue weighted by molar-refractivity contribution is 5.93. The van der Waals surface area contributed by atoms with Gasteiger partial charge in [-0.05, 0) is 74.5 Å². The Morgan fingerprint density at radius 2 is 1.74 bits per heavy atom. The first-order chi connectivity index (χ1) is 22.9. The van der Waals surface area contributed by atoms with E-state index in [4.69, 9.17) is 9.40 Å². The number of carbonyl (C=O) groups excluding carboxylic acids is 2. The van der Waals surface area contributed by atoms with Crippen LogP contribution in [0.1, 0.15) is 41.9 Å². The van der Waals surface area contributed by atoms with Gasteiger partial charge in [0.05, 0.1) is 29.7 Å². The molecule has 4 aromatic carbocycles. The van der Waals surface area contributed by atoms with Crippen LogP contribution in [0, 0.1) is 0 Å². The third-order valence-corrected chi connectivity index (χ3v) is 8.61. The standard InChI is InChI=1S/C38H36N6O3/c1-43(2)35(26-13-7-4-8-14-26)38(46)44-20-10-17-32(44)36-41-30-19-18-27(23-31(30)42-36)33-24-39-37(47-33)28-15-9-16-29(22-28)40-34(45)21-25-11-5-3-6-12-25/h3-9,11-16,18-19,22-24,32,35H,10,17,20-21H2,1-2H3,(H,40,45)(H,41,42)/t32-,35+/m0/s1. The number of aromatic nitrogens is 3. The number of amides is 2. The molecule has 1 saturated heterocycles. The summed E-state index contributed by atoms with van der Waals surface area (Å²) in [6.45, 7) is 0.696. The van der Waals surface area contributed by atoms with E-state index in [0.717, 1.165) is 52.0 Å². The maximum absolute atomic E-state index is 13.9. The van der Waals surface area contributed by atoms with Gasteiger partial charge in [0.15, 0.2) is 5.76 Å². The summed E-state index contributed by atoms with van der Waals surface area (Å²) < 4.78 is 6.19. The first kappa shape index (κ1) is 30.1. The van der Waals surface area contributed by atoms with E-state index in [2.05, 4.69) is 15.3 Å². The van der Waals surface area contributed by atoms with Gasteiger partial charge < -0.3 is 19.6 Å². The van der Waals surface area contributed by atoms with Crippen LogP contribution in [0.25, 0.3) is 33.8 Å². The molecule has 236 valence electrons. The maximum Gasteiger partial charge on any atom is 0.245 e. The molecule has 2 atom stereocenters. The molecule has 3 heterocycles. The summed E-state index contributed by atoms with van der Waals surface area (Å²) in [7, 11) is 3.89. The van der Waals surface area contributed by atoms with Gasteiger partial charge in [-0.2, -0.15) is 0 Å². The Kier molecular flexibility index (Phi) is 8.37. The molecule has 1 aliphatic heterocycles. The number of rotatable bonds is 9. The molecule has 6 aromatic rings. The van der Waals surface area contributed by atoms with E-state index in [1.165, 1.54) is 0 Å². The molecule has 1 fully saturated rings. The molecular formula is C38H36N6O3. The highest BCUT2D eigenvalue weighted by Crippen LogP contribution is 2.36. The number of hydrogen-bond acceptors (Lipinski definition) is 6. The molecule has 1 aliphatic rings. The van der Waals surface area contributed by atoms with Crippen molar-refractivity contribution >= 4 is 28.5 Å². The number of hydrogen-bond donors (Lipinski definition) is 2. The van der Waals surface area contributed by atoms with Crippen LogP contribution in [0.2, 0.25) is 0 Å². The van der Waals surface area contributed by atoms with Gasteiger partial charge in [-0.15, -0.1) is 0 Å². The summed E-state index contributed by atoms with van der Waals surface area (Å²) in [4.78, 5) is 43.4. The number of aromatic amines is 1. The normalized spacial score (nSPS) is 15.3. The first-order valence-corrected chi connectivity index (χ1v) is 15.8. The van der Waals surface area contributed by atoms with Crippen molar-refractivity contribution in [3.8, 4) is 22.8 Å². The Labute approximate surface area is 273 Å². The van der Waals surface area contributed by atoms with Crippen molar-refractivity contribution in [2.45, 2.75) is 31.3 Å². The largest absolute Gasteiger partial charge is 0.436 e. The van der Waals surface area contributed by atoms with Crippen LogP contribution in [0.5, 0.6) is 0 Å². The molecule has 0 spiro atoms. The molecule has 2 N–H and O–H groups in total. The molecule has 7 rings (SSSR count). The minimum absolute atomic E-state index is 0.0823. The number of benzene rings is 4. The van der Waals surface area contributed by atoms with E-state index >= 15 is 0 Å². The third kappa shape index (κ3) is 6.43. The van der Waals surface area contributed by atoms with Crippen LogP contribution in [-0.2, 0) is 16.0 Å². The van der Waals surface area contributed by atoms with Gasteiger partial charge in [0.2, 0.25) is 17.7 Å². The van der Waals surface area contributed by atoms with Gasteiger partial charge in [-0.3, -0.25) is 14.5 Å². The van der Waals surface area contributed by atoms with Gasteiger partial charge in [-0.25, -0.2) is 9.97 Å². The zero-order valence-corrected chi connectivity index (χ0v) is 26.4. The van der Waals surface area contributed by atoms with Crippen molar-refractivity contribution in [1.82, 2.24) is 24.8 Å². The lowest BCUT2D eigenvalue weighted by Gasteiger charge is -2.31. The molecule has 2 amide bonds. The number of nitrogens with zero attached hydrogens (tertiary/aromatic N) is 4. The molecule has 47 heavy (non-hydrogen) atoms. The number of fused-ring (bicyclic) bond motifs is 1. The second kappa shape index (κ2) is 13.1. The van der Waals surface area contributed by atoms with Crippen molar-refractivity contribution in [1.29, 1.82) is 0 Å². The number of H-pyrrole nitrogens is 1. The van der Waals surface area contributed by atoms with Crippen LogP contribution < -0.4 is 5.32 Å². The van der Waals surface area contributed by atoms with Gasteiger partial charge in [-0.1, -0.05) is 66.7 Å². The fraction of sp³-hybridized carbons (Fsp3) is 0.211. The lowest BCUT2D eigenvalue weighted by Crippen LogP contribution is -2.40. The van der Waals surface area contributed by atoms with Crippen molar-refractivity contribution in [2.75, 3.05) is 26.0 Å². The van der Waals surface area contributed by atoms with E-state index < -0.39 is 0 Å². The Balaban J connectivity index is 1.08. The molecule has 0 bridgehead atoms. The SMILES string of the molecule is CN(C)[C@@H](C(=O)N1CCC[C@H]1c1nc2ccc(-c3cnc(-c4cccc(NC(=O)Cc5ccccc5)c4)o3)cc2[nH]1)c1ccccc1. The highest BCUT2D eigenvalue weighted by Gasteiger charge is 2.37. The van der Waals surface area contributed by atoms with E-state index in [9.17, 15) is 9.59 Å². The zero-order valence-electron chi connectivity index (χ0n) is 26.4. The monoisotopic (exact) mass is 624 g/mol. The smallest absolute Gasteiger partial charge is 0.245 e. The van der Waals surface area contributed by atoms with Crippen molar-refractivity contribution in [3.05, 3.63) is 126 Å². The number of likely N-dealkylation sites (N-methyl/N-ethyl adjacent to an activating group) is 1. The van der Waals surface area contributed by atoms with Crippen LogP contribution >= 0.6 is 0 Å². The van der Waals surface area contributed by atoms with Crippen LogP contribution in [-0.4, -0.2) is 57.2 Å². The second-order valence-corrected chi connectivity index (χ2v) is 12.1. The lowest BCUT2D eigenvalue weighted by molar-refractivity contribution is -0.137. The lowest BCUT2D eigenvalue weighted by atomic mass is 10.0. The molecule has 0 unspecified atom stereocenters. The summed E-state index contributed by atoms with van der Waals surface area (Å²) in [5.41, 5.74) is 5.92. The van der Waals surface area contributed by atoms with Gasteiger partial charge in [0.25, 0.3) is 0 Å². The van der Waals surface area contributed by atoms with Gasteiger partial charge in [0, 0.05) is 23.4 Å². The predicted octanol–water partition coefficient (Wildman–Crippen LogP) is 7.03.